The third kappa shape index (κ3) is 3.80. The first-order valence-electron chi connectivity index (χ1n) is 6.67. The van der Waals surface area contributed by atoms with Gasteiger partial charge in [0, 0.05) is 22.0 Å². The molecule has 25 heavy (non-hydrogen) atoms. The number of phosphoric ester groups is 1. The Morgan fingerprint density at radius 2 is 2.24 bits per heavy atom. The van der Waals surface area contributed by atoms with Crippen molar-refractivity contribution in [2.24, 2.45) is 0 Å². The highest BCUT2D eigenvalue weighted by molar-refractivity contribution is 7.46. The molecule has 0 aliphatic heterocycles. The number of nitriles is 1. The van der Waals surface area contributed by atoms with E-state index in [4.69, 9.17) is 26.6 Å². The number of halogens is 1. The second kappa shape index (κ2) is 6.69. The number of phosphoric acid groups is 1. The minimum atomic E-state index is -4.67. The van der Waals surface area contributed by atoms with Crippen LogP contribution in [0.15, 0.2) is 29.8 Å². The summed E-state index contributed by atoms with van der Waals surface area (Å²) in [5, 5.41) is 11.3. The molecule has 0 saturated heterocycles. The van der Waals surface area contributed by atoms with E-state index in [2.05, 4.69) is 9.51 Å². The van der Waals surface area contributed by atoms with Crippen molar-refractivity contribution in [3.8, 4) is 6.07 Å². The molecule has 0 atom stereocenters. The van der Waals surface area contributed by atoms with Crippen LogP contribution < -0.4 is 0 Å². The van der Waals surface area contributed by atoms with Gasteiger partial charge in [-0.25, -0.2) is 9.55 Å². The molecule has 8 nitrogen and oxygen atoms in total. The molecule has 3 rings (SSSR count). The van der Waals surface area contributed by atoms with Crippen LogP contribution in [0.5, 0.6) is 0 Å². The van der Waals surface area contributed by atoms with Gasteiger partial charge in [0.1, 0.15) is 12.8 Å². The monoisotopic (exact) mass is 397 g/mol. The third-order valence-electron chi connectivity index (χ3n) is 3.27. The smallest absolute Gasteiger partial charge is 0.322 e. The Bertz CT molecular complexity index is 1060. The summed E-state index contributed by atoms with van der Waals surface area (Å²) in [6.45, 7) is -0.447. The molecule has 0 amide bonds. The Kier molecular flexibility index (Phi) is 4.75. The minimum absolute atomic E-state index is 0.131. The summed E-state index contributed by atoms with van der Waals surface area (Å²) in [6.07, 6.45) is 1.41. The number of hydrogen-bond donors (Lipinski definition) is 2. The molecule has 11 heteroatoms. The lowest BCUT2D eigenvalue weighted by Gasteiger charge is -2.07. The van der Waals surface area contributed by atoms with E-state index >= 15 is 0 Å². The van der Waals surface area contributed by atoms with Crippen LogP contribution in [0.2, 0.25) is 5.02 Å². The number of hydrogen-bond acceptors (Lipinski definition) is 6. The van der Waals surface area contributed by atoms with Crippen LogP contribution in [0, 0.1) is 11.3 Å². The molecule has 3 aromatic rings. The molecule has 0 fully saturated rings. The largest absolute Gasteiger partial charge is 0.471 e. The van der Waals surface area contributed by atoms with Crippen molar-refractivity contribution in [3.05, 3.63) is 51.1 Å². The highest BCUT2D eigenvalue weighted by Gasteiger charge is 2.21. The number of carbonyl (C=O) groups is 1. The van der Waals surface area contributed by atoms with Crippen LogP contribution in [0.25, 0.3) is 10.9 Å². The Labute approximate surface area is 150 Å². The minimum Gasteiger partial charge on any atom is -0.322 e. The van der Waals surface area contributed by atoms with Crippen molar-refractivity contribution in [1.29, 1.82) is 5.26 Å². The fourth-order valence-corrected chi connectivity index (χ4v) is 3.38. The molecule has 0 radical (unpaired) electrons. The highest BCUT2D eigenvalue weighted by atomic mass is 35.5. The number of aromatic nitrogens is 2. The first kappa shape index (κ1) is 17.8. The number of rotatable bonds is 5. The molecule has 2 N–H and O–H groups in total. The van der Waals surface area contributed by atoms with E-state index < -0.39 is 20.3 Å². The van der Waals surface area contributed by atoms with Crippen molar-refractivity contribution < 1.29 is 23.7 Å². The zero-order valence-electron chi connectivity index (χ0n) is 12.3. The van der Waals surface area contributed by atoms with E-state index in [0.29, 0.717) is 15.9 Å². The maximum atomic E-state index is 12.7. The van der Waals surface area contributed by atoms with E-state index in [-0.39, 0.29) is 16.3 Å². The zero-order valence-corrected chi connectivity index (χ0v) is 14.8. The molecule has 128 valence electrons. The number of ketones is 1. The Hall–Kier alpha value is -2.05. The van der Waals surface area contributed by atoms with E-state index in [1.807, 2.05) is 6.07 Å². The summed E-state index contributed by atoms with van der Waals surface area (Å²) in [6, 6.07) is 6.62. The molecule has 2 heterocycles. The predicted molar refractivity (Wildman–Crippen MR) is 90.3 cm³/mol. The van der Waals surface area contributed by atoms with Crippen LogP contribution in [0.4, 0.5) is 0 Å². The Balaban J connectivity index is 2.08. The molecule has 0 aliphatic rings. The van der Waals surface area contributed by atoms with Gasteiger partial charge in [-0.15, -0.1) is 11.3 Å². The van der Waals surface area contributed by atoms with Gasteiger partial charge in [-0.05, 0) is 18.2 Å². The molecule has 0 spiro atoms. The van der Waals surface area contributed by atoms with Gasteiger partial charge in [0.25, 0.3) is 0 Å². The van der Waals surface area contributed by atoms with E-state index in [9.17, 15) is 9.36 Å². The maximum absolute atomic E-state index is 12.7. The average molecular weight is 398 g/mol. The van der Waals surface area contributed by atoms with E-state index in [1.54, 1.807) is 18.2 Å². The van der Waals surface area contributed by atoms with Gasteiger partial charge >= 0.3 is 7.82 Å². The normalized spacial score (nSPS) is 11.6. The quantitative estimate of drug-likeness (QED) is 0.500. The maximum Gasteiger partial charge on any atom is 0.471 e. The fraction of sp³-hybridized carbons (Fsp3) is 0.0714. The zero-order chi connectivity index (χ0) is 18.2. The van der Waals surface area contributed by atoms with Gasteiger partial charge in [-0.3, -0.25) is 9.32 Å². The molecule has 0 saturated carbocycles. The fourth-order valence-electron chi connectivity index (χ4n) is 2.24. The van der Waals surface area contributed by atoms with Crippen molar-refractivity contribution >= 4 is 47.4 Å². The lowest BCUT2D eigenvalue weighted by atomic mass is 10.1. The number of carbonyl (C=O) groups excluding carboxylic acids is 1. The topological polar surface area (TPSA) is 125 Å². The summed E-state index contributed by atoms with van der Waals surface area (Å²) < 4.78 is 16.8. The van der Waals surface area contributed by atoms with E-state index in [1.165, 1.54) is 16.1 Å². The van der Waals surface area contributed by atoms with Crippen molar-refractivity contribution in [3.63, 3.8) is 0 Å². The van der Waals surface area contributed by atoms with Crippen LogP contribution in [0.1, 0.15) is 21.1 Å². The van der Waals surface area contributed by atoms with Gasteiger partial charge in [0.15, 0.2) is 10.7 Å². The van der Waals surface area contributed by atoms with Crippen molar-refractivity contribution in [2.45, 2.75) is 6.73 Å². The summed E-state index contributed by atoms with van der Waals surface area (Å²) in [5.74, 6) is -0.423. The highest BCUT2D eigenvalue weighted by Crippen LogP contribution is 2.37. The van der Waals surface area contributed by atoms with Gasteiger partial charge < -0.3 is 14.4 Å². The SMILES string of the molecule is N#Cc1csc(C(=O)c2cn(COP(=O)(O)O)c3ccc(Cl)cc23)n1. The number of thiazole rings is 1. The second-order valence-corrected chi connectivity index (χ2v) is 7.44. The predicted octanol–water partition coefficient (Wildman–Crippen LogP) is 2.92. The van der Waals surface area contributed by atoms with Crippen LogP contribution in [0.3, 0.4) is 0 Å². The molecule has 0 unspecified atom stereocenters. The summed E-state index contributed by atoms with van der Waals surface area (Å²) in [5.41, 5.74) is 0.892. The van der Waals surface area contributed by atoms with Gasteiger partial charge in [-0.2, -0.15) is 5.26 Å². The molecule has 0 aliphatic carbocycles. The number of fused-ring (bicyclic) bond motifs is 1. The van der Waals surface area contributed by atoms with Crippen LogP contribution in [-0.4, -0.2) is 25.1 Å². The lowest BCUT2D eigenvalue weighted by molar-refractivity contribution is 0.103. The number of benzene rings is 1. The Morgan fingerprint density at radius 3 is 2.88 bits per heavy atom. The third-order valence-corrected chi connectivity index (χ3v) is 4.79. The van der Waals surface area contributed by atoms with Crippen molar-refractivity contribution in [2.75, 3.05) is 0 Å². The van der Waals surface area contributed by atoms with Crippen molar-refractivity contribution in [1.82, 2.24) is 9.55 Å². The lowest BCUT2D eigenvalue weighted by Crippen LogP contribution is -2.02. The molecular formula is C14H9ClN3O5PS. The van der Waals surface area contributed by atoms with Gasteiger partial charge in [-0.1, -0.05) is 11.6 Å². The Morgan fingerprint density at radius 1 is 1.48 bits per heavy atom. The van der Waals surface area contributed by atoms with E-state index in [0.717, 1.165) is 11.3 Å². The summed E-state index contributed by atoms with van der Waals surface area (Å²) in [7, 11) is -4.67. The van der Waals surface area contributed by atoms with Gasteiger partial charge in [0.05, 0.1) is 11.1 Å². The van der Waals surface area contributed by atoms with Gasteiger partial charge in [0.2, 0.25) is 5.78 Å². The number of nitrogens with zero attached hydrogens (tertiary/aromatic N) is 3. The summed E-state index contributed by atoms with van der Waals surface area (Å²) in [4.78, 5) is 34.4. The average Bonchev–Trinajstić information content (AvgIpc) is 3.16. The molecule has 2 aromatic heterocycles. The molecule has 1 aromatic carbocycles. The van der Waals surface area contributed by atoms with Crippen LogP contribution >= 0.6 is 30.8 Å². The molecular weight excluding hydrogens is 389 g/mol. The summed E-state index contributed by atoms with van der Waals surface area (Å²) >= 11 is 7.03. The molecule has 0 bridgehead atoms. The first-order chi connectivity index (χ1) is 11.8. The standard InChI is InChI=1S/C14H9ClN3O5PS/c15-8-1-2-12-10(3-8)11(5-18(12)7-23-24(20,21)22)13(19)14-17-9(4-16)6-25-14/h1-3,5-6H,7H2,(H2,20,21,22). The first-order valence-corrected chi connectivity index (χ1v) is 9.46. The van der Waals surface area contributed by atoms with Crippen LogP contribution in [-0.2, 0) is 15.8 Å². The second-order valence-electron chi connectivity index (χ2n) is 4.90.